The van der Waals surface area contributed by atoms with E-state index < -0.39 is 0 Å². The largest absolute Gasteiger partial charge is 0.496 e. The van der Waals surface area contributed by atoms with Crippen LogP contribution in [0.3, 0.4) is 0 Å². The second-order valence-corrected chi connectivity index (χ2v) is 5.79. The van der Waals surface area contributed by atoms with E-state index in [9.17, 15) is 4.79 Å². The van der Waals surface area contributed by atoms with E-state index in [0.717, 1.165) is 21.9 Å². The summed E-state index contributed by atoms with van der Waals surface area (Å²) >= 11 is 0. The summed E-state index contributed by atoms with van der Waals surface area (Å²) in [5, 5.41) is 5.09. The monoisotopic (exact) mass is 322 g/mol. The lowest BCUT2D eigenvalue weighted by Gasteiger charge is -2.13. The highest BCUT2D eigenvalue weighted by atomic mass is 16.5. The van der Waals surface area contributed by atoms with Crippen LogP contribution in [0.4, 0.5) is 11.5 Å². The number of anilines is 2. The first-order valence-corrected chi connectivity index (χ1v) is 7.65. The Morgan fingerprint density at radius 1 is 1.33 bits per heavy atom. The molecule has 0 atom stereocenters. The summed E-state index contributed by atoms with van der Waals surface area (Å²) in [5.41, 5.74) is 8.97. The van der Waals surface area contributed by atoms with Gasteiger partial charge in [0.2, 0.25) is 0 Å². The van der Waals surface area contributed by atoms with E-state index in [0.29, 0.717) is 29.4 Å². The molecule has 0 radical (unpaired) electrons. The summed E-state index contributed by atoms with van der Waals surface area (Å²) in [7, 11) is 3.54. The van der Waals surface area contributed by atoms with Crippen LogP contribution in [0.5, 0.6) is 5.75 Å². The number of nitrogens with one attached hydrogen (secondary N) is 2. The lowest BCUT2D eigenvalue weighted by molar-refractivity contribution is 0.408. The number of ether oxygens (including phenoxy) is 1. The Bertz CT molecular complexity index is 969. The maximum Gasteiger partial charge on any atom is 0.256 e. The topological polar surface area (TPSA) is 93.0 Å². The zero-order chi connectivity index (χ0) is 17.3. The third kappa shape index (κ3) is 2.93. The van der Waals surface area contributed by atoms with Gasteiger partial charge in [-0.1, -0.05) is 11.5 Å². The van der Waals surface area contributed by atoms with Crippen LogP contribution in [0.15, 0.2) is 35.3 Å². The van der Waals surface area contributed by atoms with E-state index in [-0.39, 0.29) is 5.56 Å². The van der Waals surface area contributed by atoms with Gasteiger partial charge < -0.3 is 20.8 Å². The number of nitrogens with two attached hydrogens (primary N) is 1. The number of aromatic nitrogens is 2. The van der Waals surface area contributed by atoms with Crippen LogP contribution in [0.2, 0.25) is 0 Å². The molecule has 1 aromatic carbocycles. The fraction of sp³-hybridized carbons (Fsp3) is 0.176. The number of fused-ring (bicyclic) bond motifs is 1. The van der Waals surface area contributed by atoms with Gasteiger partial charge in [0.25, 0.3) is 5.56 Å². The molecule has 2 aromatic heterocycles. The Labute approximate surface area is 140 Å². The van der Waals surface area contributed by atoms with E-state index in [1.54, 1.807) is 19.4 Å². The zero-order valence-corrected chi connectivity index (χ0v) is 13.9. The van der Waals surface area contributed by atoms with Crippen molar-refractivity contribution in [2.24, 2.45) is 0 Å². The second kappa shape index (κ2) is 6.27. The molecule has 0 unspecified atom stereocenters. The van der Waals surface area contributed by atoms with Gasteiger partial charge >= 0.3 is 0 Å². The summed E-state index contributed by atoms with van der Waals surface area (Å²) in [4.78, 5) is 19.4. The molecule has 0 amide bonds. The maximum atomic E-state index is 12.2. The van der Waals surface area contributed by atoms with Crippen molar-refractivity contribution < 1.29 is 4.74 Å². The van der Waals surface area contributed by atoms with Gasteiger partial charge in [0.1, 0.15) is 19.4 Å². The third-order valence-corrected chi connectivity index (χ3v) is 3.94. The van der Waals surface area contributed by atoms with E-state index in [1.807, 2.05) is 33.0 Å². The van der Waals surface area contributed by atoms with Crippen LogP contribution in [-0.4, -0.2) is 24.9 Å². The highest BCUT2D eigenvalue weighted by Crippen LogP contribution is 2.25. The molecule has 2 heterocycles. The van der Waals surface area contributed by atoms with Crippen molar-refractivity contribution in [3.8, 4) is 5.75 Å². The van der Waals surface area contributed by atoms with Gasteiger partial charge in [-0.3, -0.25) is 4.79 Å². The molecule has 3 rings (SSSR count). The fourth-order valence-electron chi connectivity index (χ4n) is 2.81. The summed E-state index contributed by atoms with van der Waals surface area (Å²) in [5.74, 6) is 1.24. The molecule has 24 heavy (non-hydrogen) atoms. The van der Waals surface area contributed by atoms with Crippen LogP contribution >= 0.6 is 0 Å². The van der Waals surface area contributed by atoms with Crippen molar-refractivity contribution >= 4 is 35.6 Å². The number of aryl methyl sites for hydroxylation is 1. The van der Waals surface area contributed by atoms with Crippen LogP contribution in [-0.2, 0) is 6.54 Å². The molecule has 0 saturated carbocycles. The molecular weight excluding hydrogens is 303 g/mol. The Morgan fingerprint density at radius 2 is 2.12 bits per heavy atom. The van der Waals surface area contributed by atoms with Gasteiger partial charge in [-0.05, 0) is 25.1 Å². The van der Waals surface area contributed by atoms with Crippen molar-refractivity contribution in [3.05, 3.63) is 52.1 Å². The molecule has 6 nitrogen and oxygen atoms in total. The highest BCUT2D eigenvalue weighted by Gasteiger charge is 2.11. The normalized spacial score (nSPS) is 10.8. The lowest BCUT2D eigenvalue weighted by atomic mass is 9.93. The van der Waals surface area contributed by atoms with E-state index in [1.165, 1.54) is 0 Å². The first-order valence-electron chi connectivity index (χ1n) is 7.65. The predicted molar refractivity (Wildman–Crippen MR) is 100 cm³/mol. The van der Waals surface area contributed by atoms with Crippen LogP contribution in [0.25, 0.3) is 10.8 Å². The van der Waals surface area contributed by atoms with Crippen LogP contribution < -0.4 is 26.8 Å². The van der Waals surface area contributed by atoms with Gasteiger partial charge in [0, 0.05) is 28.4 Å². The van der Waals surface area contributed by atoms with Gasteiger partial charge in [-0.25, -0.2) is 4.98 Å². The lowest BCUT2D eigenvalue weighted by Crippen LogP contribution is -2.18. The van der Waals surface area contributed by atoms with Crippen molar-refractivity contribution in [1.82, 2.24) is 9.97 Å². The van der Waals surface area contributed by atoms with Crippen molar-refractivity contribution in [2.45, 2.75) is 13.5 Å². The molecule has 0 saturated heterocycles. The number of hydrogen-bond donors (Lipinski definition) is 3. The molecule has 0 aliphatic rings. The summed E-state index contributed by atoms with van der Waals surface area (Å²) < 4.78 is 5.32. The maximum absolute atomic E-state index is 12.2. The SMILES string of the molecule is Bc1cc(N)c2ccnc(NCc3c(OC)cc(C)[nH]c3=O)c2c1. The van der Waals surface area contributed by atoms with Crippen LogP contribution in [0.1, 0.15) is 11.3 Å². The number of H-pyrrole nitrogens is 1. The molecule has 4 N–H and O–H groups in total. The number of nitrogens with zero attached hydrogens (tertiary/aromatic N) is 1. The first-order chi connectivity index (χ1) is 11.5. The highest BCUT2D eigenvalue weighted by molar-refractivity contribution is 6.34. The molecule has 122 valence electrons. The first kappa shape index (κ1) is 15.9. The number of nitrogen functional groups attached to an aromatic ring is 1. The van der Waals surface area contributed by atoms with Crippen molar-refractivity contribution in [1.29, 1.82) is 0 Å². The summed E-state index contributed by atoms with van der Waals surface area (Å²) in [6.07, 6.45) is 1.70. The molecule has 0 fully saturated rings. The Balaban J connectivity index is 1.99. The Morgan fingerprint density at radius 3 is 2.88 bits per heavy atom. The summed E-state index contributed by atoms with van der Waals surface area (Å²) in [6.45, 7) is 2.12. The number of aromatic amines is 1. The van der Waals surface area contributed by atoms with Crippen LogP contribution in [0, 0.1) is 6.92 Å². The zero-order valence-electron chi connectivity index (χ0n) is 13.9. The van der Waals surface area contributed by atoms with E-state index >= 15 is 0 Å². The third-order valence-electron chi connectivity index (χ3n) is 3.94. The van der Waals surface area contributed by atoms with Gasteiger partial charge in [0.05, 0.1) is 19.2 Å². The smallest absolute Gasteiger partial charge is 0.256 e. The standard InChI is InChI=1S/C17H19BN4O2/c1-9-5-15(24-2)13(17(23)22-9)8-21-16-12-6-10(18)7-14(19)11(12)3-4-20-16/h3-7H,8,18-19H2,1-2H3,(H,20,21)(H,22,23). The molecule has 0 spiro atoms. The number of pyridine rings is 2. The minimum absolute atomic E-state index is 0.171. The predicted octanol–water partition coefficient (Wildman–Crippen LogP) is 0.693. The van der Waals surface area contributed by atoms with E-state index in [2.05, 4.69) is 15.3 Å². The number of methoxy groups -OCH3 is 1. The van der Waals surface area contributed by atoms with E-state index in [4.69, 9.17) is 10.5 Å². The number of rotatable bonds is 4. The minimum Gasteiger partial charge on any atom is -0.496 e. The summed E-state index contributed by atoms with van der Waals surface area (Å²) in [6, 6.07) is 7.64. The molecule has 0 bridgehead atoms. The number of hydrogen-bond acceptors (Lipinski definition) is 5. The minimum atomic E-state index is -0.171. The molecule has 0 aliphatic carbocycles. The Hall–Kier alpha value is -2.96. The second-order valence-electron chi connectivity index (χ2n) is 5.79. The molecular formula is C17H19BN4O2. The molecule has 0 aliphatic heterocycles. The number of benzene rings is 1. The van der Waals surface area contributed by atoms with Crippen molar-refractivity contribution in [2.75, 3.05) is 18.2 Å². The average molecular weight is 322 g/mol. The average Bonchev–Trinajstić information content (AvgIpc) is 2.53. The Kier molecular flexibility index (Phi) is 4.16. The quantitative estimate of drug-likeness (QED) is 0.485. The van der Waals surface area contributed by atoms with Crippen molar-refractivity contribution in [3.63, 3.8) is 0 Å². The van der Waals surface area contributed by atoms with Gasteiger partial charge in [0.15, 0.2) is 0 Å². The van der Waals surface area contributed by atoms with Gasteiger partial charge in [-0.2, -0.15) is 0 Å². The fourth-order valence-corrected chi connectivity index (χ4v) is 2.81. The van der Waals surface area contributed by atoms with Gasteiger partial charge in [-0.15, -0.1) is 0 Å². The molecule has 3 aromatic rings. The molecule has 7 heteroatoms.